The molecule has 11 nitrogen and oxygen atoms in total. The number of ketones is 1. The summed E-state index contributed by atoms with van der Waals surface area (Å²) >= 11 is 0. The second kappa shape index (κ2) is 12.7. The van der Waals surface area contributed by atoms with E-state index in [9.17, 15) is 14.4 Å². The Morgan fingerprint density at radius 3 is 2.18 bits per heavy atom. The lowest BCUT2D eigenvalue weighted by Gasteiger charge is -2.12. The molecule has 3 aromatic carbocycles. The van der Waals surface area contributed by atoms with E-state index >= 15 is 0 Å². The fourth-order valence-corrected chi connectivity index (χ4v) is 4.83. The number of amides is 1. The molecule has 0 aliphatic carbocycles. The number of fused-ring (bicyclic) bond motifs is 1. The first-order chi connectivity index (χ1) is 21.2. The van der Waals surface area contributed by atoms with Crippen LogP contribution in [-0.2, 0) is 11.3 Å². The Labute approximate surface area is 253 Å². The number of anilines is 1. The van der Waals surface area contributed by atoms with Crippen molar-refractivity contribution >= 4 is 34.5 Å². The van der Waals surface area contributed by atoms with Crippen molar-refractivity contribution in [3.8, 4) is 22.9 Å². The number of methoxy groups -OCH3 is 3. The minimum absolute atomic E-state index is 0.232. The Hall–Kier alpha value is -5.71. The van der Waals surface area contributed by atoms with Gasteiger partial charge >= 0.3 is 0 Å². The highest BCUT2D eigenvalue weighted by Crippen LogP contribution is 2.38. The molecule has 5 aromatic rings. The van der Waals surface area contributed by atoms with Gasteiger partial charge in [-0.3, -0.25) is 19.0 Å². The molecule has 1 amide bonds. The van der Waals surface area contributed by atoms with Crippen molar-refractivity contribution in [2.75, 3.05) is 26.6 Å². The van der Waals surface area contributed by atoms with Crippen LogP contribution in [0.15, 0.2) is 77.6 Å². The fraction of sp³-hybridized carbons (Fsp3) is 0.182. The number of rotatable bonds is 10. The van der Waals surface area contributed by atoms with E-state index in [0.717, 1.165) is 5.69 Å². The number of aryl methyl sites for hydroxylation is 2. The fourth-order valence-electron chi connectivity index (χ4n) is 4.83. The zero-order valence-corrected chi connectivity index (χ0v) is 25.0. The standard InChI is InChI=1S/C33H31N5O6/c1-20-30-32(38(36-20)25-9-7-6-8-10-25)34-21(2)37(33(30)41)19-29(40)35-24-14-12-23(13-15-24)26(39)16-11-22-17-27(42-3)31(44-5)28(18-22)43-4/h6-18H,19H2,1-5H3,(H,35,40)/b16-11+. The third-order valence-electron chi connectivity index (χ3n) is 7.02. The zero-order valence-electron chi connectivity index (χ0n) is 25.0. The predicted molar refractivity (Wildman–Crippen MR) is 167 cm³/mol. The van der Waals surface area contributed by atoms with Crippen LogP contribution in [0.3, 0.4) is 0 Å². The van der Waals surface area contributed by atoms with Crippen molar-refractivity contribution in [2.45, 2.75) is 20.4 Å². The molecule has 0 spiro atoms. The third kappa shape index (κ3) is 5.93. The number of allylic oxidation sites excluding steroid dienone is 1. The second-order valence-corrected chi connectivity index (χ2v) is 9.86. The average molecular weight is 594 g/mol. The molecule has 0 saturated heterocycles. The Morgan fingerprint density at radius 1 is 0.909 bits per heavy atom. The van der Waals surface area contributed by atoms with Crippen LogP contribution in [0.25, 0.3) is 22.8 Å². The topological polar surface area (TPSA) is 127 Å². The number of ether oxygens (including phenoxy) is 3. The van der Waals surface area contributed by atoms with E-state index in [-0.39, 0.29) is 17.9 Å². The van der Waals surface area contributed by atoms with E-state index in [0.29, 0.717) is 56.6 Å². The van der Waals surface area contributed by atoms with Gasteiger partial charge in [-0.1, -0.05) is 24.3 Å². The van der Waals surface area contributed by atoms with Gasteiger partial charge in [0.05, 0.1) is 32.7 Å². The van der Waals surface area contributed by atoms with Crippen LogP contribution in [-0.4, -0.2) is 52.4 Å². The number of hydrogen-bond donors (Lipinski definition) is 1. The molecular formula is C33H31N5O6. The van der Waals surface area contributed by atoms with Gasteiger partial charge in [0.2, 0.25) is 11.7 Å². The van der Waals surface area contributed by atoms with Crippen LogP contribution in [0.5, 0.6) is 17.2 Å². The highest BCUT2D eigenvalue weighted by Gasteiger charge is 2.19. The summed E-state index contributed by atoms with van der Waals surface area (Å²) in [6.45, 7) is 3.19. The number of para-hydroxylation sites is 1. The monoisotopic (exact) mass is 593 g/mol. The van der Waals surface area contributed by atoms with Gasteiger partial charge in [0.1, 0.15) is 17.8 Å². The zero-order chi connectivity index (χ0) is 31.4. The maximum absolute atomic E-state index is 13.4. The number of nitrogens with one attached hydrogen (secondary N) is 1. The van der Waals surface area contributed by atoms with Gasteiger partial charge in [-0.15, -0.1) is 0 Å². The number of carbonyl (C=O) groups excluding carboxylic acids is 2. The Bertz CT molecular complexity index is 1920. The number of hydrogen-bond acceptors (Lipinski definition) is 8. The van der Waals surface area contributed by atoms with Gasteiger partial charge in [-0.25, -0.2) is 9.67 Å². The number of aromatic nitrogens is 4. The molecule has 0 aliphatic rings. The van der Waals surface area contributed by atoms with Crippen molar-refractivity contribution in [3.05, 3.63) is 106 Å². The smallest absolute Gasteiger partial charge is 0.265 e. The van der Waals surface area contributed by atoms with E-state index in [1.807, 2.05) is 30.3 Å². The molecule has 2 heterocycles. The molecular weight excluding hydrogens is 562 g/mol. The molecule has 5 rings (SSSR count). The van der Waals surface area contributed by atoms with Gasteiger partial charge in [0.15, 0.2) is 22.9 Å². The Balaban J connectivity index is 1.29. The molecule has 224 valence electrons. The van der Waals surface area contributed by atoms with Crippen molar-refractivity contribution in [3.63, 3.8) is 0 Å². The van der Waals surface area contributed by atoms with Crippen LogP contribution in [0, 0.1) is 13.8 Å². The molecule has 0 atom stereocenters. The molecule has 0 fully saturated rings. The summed E-state index contributed by atoms with van der Waals surface area (Å²) in [5, 5.41) is 7.66. The molecule has 44 heavy (non-hydrogen) atoms. The molecule has 0 bridgehead atoms. The second-order valence-electron chi connectivity index (χ2n) is 9.86. The number of nitrogens with zero attached hydrogens (tertiary/aromatic N) is 4. The van der Waals surface area contributed by atoms with Crippen LogP contribution >= 0.6 is 0 Å². The predicted octanol–water partition coefficient (Wildman–Crippen LogP) is 4.76. The maximum atomic E-state index is 13.4. The van der Waals surface area contributed by atoms with E-state index in [1.165, 1.54) is 32.0 Å². The van der Waals surface area contributed by atoms with Gasteiger partial charge in [0, 0.05) is 11.3 Å². The highest BCUT2D eigenvalue weighted by molar-refractivity contribution is 6.07. The minimum atomic E-state index is -0.411. The van der Waals surface area contributed by atoms with Crippen LogP contribution < -0.4 is 25.1 Å². The summed E-state index contributed by atoms with van der Waals surface area (Å²) < 4.78 is 19.0. The van der Waals surface area contributed by atoms with Crippen LogP contribution in [0.1, 0.15) is 27.4 Å². The lowest BCUT2D eigenvalue weighted by Crippen LogP contribution is -2.30. The molecule has 0 aliphatic heterocycles. The summed E-state index contributed by atoms with van der Waals surface area (Å²) in [6, 6.07) is 19.4. The van der Waals surface area contributed by atoms with E-state index < -0.39 is 5.91 Å². The largest absolute Gasteiger partial charge is 0.493 e. The van der Waals surface area contributed by atoms with Gasteiger partial charge in [-0.2, -0.15) is 5.10 Å². The SMILES string of the molecule is COc1cc(/C=C/C(=O)c2ccc(NC(=O)Cn3c(C)nc4c(c(C)nn4-c4ccccc4)c3=O)cc2)cc(OC)c1OC. The normalized spacial score (nSPS) is 11.1. The van der Waals surface area contributed by atoms with Gasteiger partial charge in [-0.05, 0) is 74.0 Å². The van der Waals surface area contributed by atoms with E-state index in [2.05, 4.69) is 15.4 Å². The Morgan fingerprint density at radius 2 is 1.57 bits per heavy atom. The number of carbonyl (C=O) groups is 2. The molecule has 2 aromatic heterocycles. The molecule has 11 heteroatoms. The van der Waals surface area contributed by atoms with Crippen molar-refractivity contribution in [1.29, 1.82) is 0 Å². The summed E-state index contributed by atoms with van der Waals surface area (Å²) in [4.78, 5) is 43.8. The van der Waals surface area contributed by atoms with Crippen LogP contribution in [0.4, 0.5) is 5.69 Å². The molecule has 0 saturated carbocycles. The highest BCUT2D eigenvalue weighted by atomic mass is 16.5. The first-order valence-electron chi connectivity index (χ1n) is 13.7. The number of benzene rings is 3. The third-order valence-corrected chi connectivity index (χ3v) is 7.02. The lowest BCUT2D eigenvalue weighted by molar-refractivity contribution is -0.116. The summed E-state index contributed by atoms with van der Waals surface area (Å²) in [5.74, 6) is 1.15. The van der Waals surface area contributed by atoms with Gasteiger partial charge < -0.3 is 19.5 Å². The molecule has 1 N–H and O–H groups in total. The molecule has 0 radical (unpaired) electrons. The lowest BCUT2D eigenvalue weighted by atomic mass is 10.1. The van der Waals surface area contributed by atoms with Crippen molar-refractivity contribution in [1.82, 2.24) is 19.3 Å². The average Bonchev–Trinajstić information content (AvgIpc) is 3.37. The quantitative estimate of drug-likeness (QED) is 0.181. The summed E-state index contributed by atoms with van der Waals surface area (Å²) in [7, 11) is 4.56. The Kier molecular flexibility index (Phi) is 8.56. The van der Waals surface area contributed by atoms with Gasteiger partial charge in [0.25, 0.3) is 5.56 Å². The van der Waals surface area contributed by atoms with E-state index in [1.54, 1.807) is 61.0 Å². The molecule has 0 unspecified atom stereocenters. The van der Waals surface area contributed by atoms with E-state index in [4.69, 9.17) is 14.2 Å². The van der Waals surface area contributed by atoms with Crippen LogP contribution in [0.2, 0.25) is 0 Å². The van der Waals surface area contributed by atoms with Crippen molar-refractivity contribution in [2.24, 2.45) is 0 Å². The first kappa shape index (κ1) is 29.8. The first-order valence-corrected chi connectivity index (χ1v) is 13.7. The van der Waals surface area contributed by atoms with Crippen molar-refractivity contribution < 1.29 is 23.8 Å². The minimum Gasteiger partial charge on any atom is -0.493 e. The summed E-state index contributed by atoms with van der Waals surface area (Å²) in [5.41, 5.74) is 3.00. The maximum Gasteiger partial charge on any atom is 0.265 e. The summed E-state index contributed by atoms with van der Waals surface area (Å²) in [6.07, 6.45) is 3.09.